The predicted octanol–water partition coefficient (Wildman–Crippen LogP) is 3.55. The van der Waals surface area contributed by atoms with E-state index in [9.17, 15) is 0 Å². The monoisotopic (exact) mass is 371 g/mol. The lowest BCUT2D eigenvalue weighted by Gasteiger charge is -2.29. The molecule has 0 bridgehead atoms. The molecule has 3 heterocycles. The number of benzene rings is 2. The van der Waals surface area contributed by atoms with Crippen LogP contribution in [0.15, 0.2) is 65.2 Å². The first-order chi connectivity index (χ1) is 13.8. The van der Waals surface area contributed by atoms with Crippen molar-refractivity contribution in [3.63, 3.8) is 0 Å². The van der Waals surface area contributed by atoms with E-state index in [1.807, 2.05) is 54.7 Å². The van der Waals surface area contributed by atoms with Crippen molar-refractivity contribution >= 4 is 22.6 Å². The molecular formula is C22H21N5O. The number of nitrogens with two attached hydrogens (primary N) is 1. The molecule has 28 heavy (non-hydrogen) atoms. The molecule has 6 heteroatoms. The van der Waals surface area contributed by atoms with Crippen LogP contribution in [0, 0.1) is 0 Å². The second kappa shape index (κ2) is 6.98. The molecule has 140 valence electrons. The fourth-order valence-corrected chi connectivity index (χ4v) is 3.61. The van der Waals surface area contributed by atoms with E-state index in [0.717, 1.165) is 65.5 Å². The number of aromatic nitrogens is 2. The molecule has 1 aliphatic heterocycles. The lowest BCUT2D eigenvalue weighted by molar-refractivity contribution is 0.582. The predicted molar refractivity (Wildman–Crippen MR) is 112 cm³/mol. The van der Waals surface area contributed by atoms with Gasteiger partial charge in [-0.2, -0.15) is 0 Å². The number of nitrogens with zero attached hydrogens (tertiary/aromatic N) is 3. The average Bonchev–Trinajstić information content (AvgIpc) is 3.18. The van der Waals surface area contributed by atoms with Gasteiger partial charge in [0.2, 0.25) is 5.89 Å². The van der Waals surface area contributed by atoms with E-state index in [2.05, 4.69) is 16.3 Å². The fraction of sp³-hybridized carbons (Fsp3) is 0.182. The number of hydrogen-bond donors (Lipinski definition) is 2. The Morgan fingerprint density at radius 2 is 1.82 bits per heavy atom. The van der Waals surface area contributed by atoms with Crippen molar-refractivity contribution in [2.45, 2.75) is 0 Å². The zero-order valence-corrected chi connectivity index (χ0v) is 15.4. The van der Waals surface area contributed by atoms with Crippen LogP contribution in [-0.4, -0.2) is 36.1 Å². The highest BCUT2D eigenvalue weighted by Gasteiger charge is 2.21. The molecule has 3 N–H and O–H groups in total. The van der Waals surface area contributed by atoms with E-state index in [1.165, 1.54) is 0 Å². The van der Waals surface area contributed by atoms with Gasteiger partial charge in [-0.05, 0) is 35.9 Å². The van der Waals surface area contributed by atoms with E-state index in [1.54, 1.807) is 0 Å². The Hall–Kier alpha value is -3.38. The van der Waals surface area contributed by atoms with Gasteiger partial charge in [0, 0.05) is 43.6 Å². The Kier molecular flexibility index (Phi) is 4.18. The third-order valence-corrected chi connectivity index (χ3v) is 5.03. The summed E-state index contributed by atoms with van der Waals surface area (Å²) in [5.41, 5.74) is 11.2. The van der Waals surface area contributed by atoms with Crippen molar-refractivity contribution in [1.29, 1.82) is 0 Å². The topological polar surface area (TPSA) is 80.2 Å². The van der Waals surface area contributed by atoms with Crippen LogP contribution in [0.2, 0.25) is 0 Å². The van der Waals surface area contributed by atoms with Crippen LogP contribution < -0.4 is 16.0 Å². The zero-order valence-electron chi connectivity index (χ0n) is 15.4. The average molecular weight is 371 g/mol. The summed E-state index contributed by atoms with van der Waals surface area (Å²) in [6, 6.07) is 17.7. The van der Waals surface area contributed by atoms with E-state index in [4.69, 9.17) is 20.1 Å². The van der Waals surface area contributed by atoms with Crippen molar-refractivity contribution in [3.8, 4) is 22.6 Å². The Balaban J connectivity index is 1.67. The van der Waals surface area contributed by atoms with Crippen LogP contribution in [-0.2, 0) is 0 Å². The highest BCUT2D eigenvalue weighted by atomic mass is 16.3. The van der Waals surface area contributed by atoms with Crippen LogP contribution in [0.3, 0.4) is 0 Å². The van der Waals surface area contributed by atoms with E-state index in [0.29, 0.717) is 5.89 Å². The third kappa shape index (κ3) is 3.08. The summed E-state index contributed by atoms with van der Waals surface area (Å²) in [5, 5.41) is 3.39. The molecule has 1 saturated heterocycles. The van der Waals surface area contributed by atoms with Crippen LogP contribution in [0.1, 0.15) is 0 Å². The SMILES string of the molecule is Nc1cccc(-c2cnc(N3CCNCC3)c(-c3nc4ccccc4o3)c2)c1. The van der Waals surface area contributed by atoms with Gasteiger partial charge in [0.25, 0.3) is 0 Å². The Morgan fingerprint density at radius 1 is 0.964 bits per heavy atom. The number of piperazine rings is 1. The minimum atomic E-state index is 0.591. The van der Waals surface area contributed by atoms with Gasteiger partial charge in [0.15, 0.2) is 5.58 Å². The third-order valence-electron chi connectivity index (χ3n) is 5.03. The highest BCUT2D eigenvalue weighted by Crippen LogP contribution is 2.34. The normalized spacial score (nSPS) is 14.5. The summed E-state index contributed by atoms with van der Waals surface area (Å²) in [4.78, 5) is 11.8. The second-order valence-corrected chi connectivity index (χ2v) is 6.94. The fourth-order valence-electron chi connectivity index (χ4n) is 3.61. The Bertz CT molecular complexity index is 1100. The summed E-state index contributed by atoms with van der Waals surface area (Å²) in [6.07, 6.45) is 1.90. The summed E-state index contributed by atoms with van der Waals surface area (Å²) < 4.78 is 6.08. The number of rotatable bonds is 3. The summed E-state index contributed by atoms with van der Waals surface area (Å²) in [7, 11) is 0. The van der Waals surface area contributed by atoms with E-state index < -0.39 is 0 Å². The maximum absolute atomic E-state index is 6.08. The zero-order chi connectivity index (χ0) is 18.9. The molecule has 0 saturated carbocycles. The van der Waals surface area contributed by atoms with Gasteiger partial charge in [-0.1, -0.05) is 24.3 Å². The van der Waals surface area contributed by atoms with Gasteiger partial charge in [-0.15, -0.1) is 0 Å². The minimum absolute atomic E-state index is 0.591. The molecule has 0 unspecified atom stereocenters. The smallest absolute Gasteiger partial charge is 0.231 e. The quantitative estimate of drug-likeness (QED) is 0.536. The number of oxazole rings is 1. The number of fused-ring (bicyclic) bond motifs is 1. The molecule has 0 amide bonds. The molecule has 1 aliphatic rings. The highest BCUT2D eigenvalue weighted by molar-refractivity contribution is 5.82. The number of nitrogen functional groups attached to an aromatic ring is 1. The van der Waals surface area contributed by atoms with Crippen LogP contribution in [0.4, 0.5) is 11.5 Å². The first-order valence-corrected chi connectivity index (χ1v) is 9.45. The number of hydrogen-bond acceptors (Lipinski definition) is 6. The number of nitrogens with one attached hydrogen (secondary N) is 1. The first-order valence-electron chi connectivity index (χ1n) is 9.45. The number of pyridine rings is 1. The standard InChI is InChI=1S/C22H21N5O/c23-17-5-3-4-15(12-17)16-13-18(21(25-14-16)27-10-8-24-9-11-27)22-26-19-6-1-2-7-20(19)28-22/h1-7,12-14,24H,8-11,23H2. The molecule has 6 nitrogen and oxygen atoms in total. The molecule has 0 radical (unpaired) electrons. The van der Waals surface area contributed by atoms with Gasteiger partial charge in [-0.25, -0.2) is 9.97 Å². The maximum Gasteiger partial charge on any atom is 0.231 e. The van der Waals surface area contributed by atoms with Crippen molar-refractivity contribution in [1.82, 2.24) is 15.3 Å². The lowest BCUT2D eigenvalue weighted by Crippen LogP contribution is -2.44. The lowest BCUT2D eigenvalue weighted by atomic mass is 10.0. The molecule has 5 rings (SSSR count). The van der Waals surface area contributed by atoms with E-state index in [-0.39, 0.29) is 0 Å². The van der Waals surface area contributed by atoms with Gasteiger partial charge in [0.1, 0.15) is 11.3 Å². The summed E-state index contributed by atoms with van der Waals surface area (Å²) in [6.45, 7) is 3.67. The number of para-hydroxylation sites is 2. The van der Waals surface area contributed by atoms with Gasteiger partial charge >= 0.3 is 0 Å². The molecule has 2 aromatic heterocycles. The van der Waals surface area contributed by atoms with Crippen molar-refractivity contribution in [2.75, 3.05) is 36.8 Å². The first kappa shape index (κ1) is 16.8. The van der Waals surface area contributed by atoms with Crippen LogP contribution in [0.5, 0.6) is 0 Å². The number of anilines is 2. The van der Waals surface area contributed by atoms with Crippen LogP contribution in [0.25, 0.3) is 33.7 Å². The molecule has 1 fully saturated rings. The summed E-state index contributed by atoms with van der Waals surface area (Å²) >= 11 is 0. The minimum Gasteiger partial charge on any atom is -0.436 e. The summed E-state index contributed by atoms with van der Waals surface area (Å²) in [5.74, 6) is 1.49. The van der Waals surface area contributed by atoms with E-state index >= 15 is 0 Å². The van der Waals surface area contributed by atoms with Crippen molar-refractivity contribution in [3.05, 3.63) is 60.8 Å². The molecule has 2 aromatic carbocycles. The van der Waals surface area contributed by atoms with Crippen molar-refractivity contribution in [2.24, 2.45) is 0 Å². The van der Waals surface area contributed by atoms with Gasteiger partial charge < -0.3 is 20.4 Å². The molecule has 4 aromatic rings. The molecule has 0 atom stereocenters. The Morgan fingerprint density at radius 3 is 2.64 bits per heavy atom. The van der Waals surface area contributed by atoms with Crippen molar-refractivity contribution < 1.29 is 4.42 Å². The molecule has 0 aliphatic carbocycles. The Labute approximate surface area is 163 Å². The van der Waals surface area contributed by atoms with Crippen LogP contribution >= 0.6 is 0 Å². The second-order valence-electron chi connectivity index (χ2n) is 6.94. The largest absolute Gasteiger partial charge is 0.436 e. The maximum atomic E-state index is 6.08. The van der Waals surface area contributed by atoms with Gasteiger partial charge in [-0.3, -0.25) is 0 Å². The molecule has 0 spiro atoms. The molecular weight excluding hydrogens is 350 g/mol. The van der Waals surface area contributed by atoms with Gasteiger partial charge in [0.05, 0.1) is 5.56 Å².